The number of nitrogens with zero attached hydrogens (tertiary/aromatic N) is 2. The monoisotopic (exact) mass is 351 g/mol. The lowest BCUT2D eigenvalue weighted by Crippen LogP contribution is -2.14. The largest absolute Gasteiger partial charge is 0.424 e. The minimum atomic E-state index is -0.326. The van der Waals surface area contributed by atoms with Crippen LogP contribution in [0.1, 0.15) is 17.0 Å². The third-order valence-electron chi connectivity index (χ3n) is 3.57. The molecule has 1 aromatic heterocycles. The van der Waals surface area contributed by atoms with Crippen molar-refractivity contribution in [2.24, 2.45) is 0 Å². The molecule has 5 nitrogen and oxygen atoms in total. The molecule has 0 saturated carbocycles. The van der Waals surface area contributed by atoms with E-state index in [1.165, 1.54) is 12.1 Å². The van der Waals surface area contributed by atoms with Crippen LogP contribution in [-0.4, -0.2) is 15.9 Å². The number of benzene rings is 2. The van der Waals surface area contributed by atoms with Crippen LogP contribution >= 0.6 is 0 Å². The fourth-order valence-electron chi connectivity index (χ4n) is 2.47. The second-order valence-corrected chi connectivity index (χ2v) is 5.91. The molecule has 0 aliphatic rings. The lowest BCUT2D eigenvalue weighted by Gasteiger charge is -2.09. The average molecular weight is 351 g/mol. The zero-order valence-corrected chi connectivity index (χ0v) is 14.5. The highest BCUT2D eigenvalue weighted by molar-refractivity contribution is 5.92. The van der Waals surface area contributed by atoms with Crippen LogP contribution < -0.4 is 10.1 Å². The molecule has 0 aliphatic heterocycles. The molecule has 0 radical (unpaired) electrons. The minimum Gasteiger partial charge on any atom is -0.424 e. The molecule has 1 heterocycles. The van der Waals surface area contributed by atoms with Crippen molar-refractivity contribution in [1.82, 2.24) is 9.97 Å². The fourth-order valence-corrected chi connectivity index (χ4v) is 2.47. The van der Waals surface area contributed by atoms with E-state index in [1.54, 1.807) is 36.4 Å². The van der Waals surface area contributed by atoms with E-state index in [1.807, 2.05) is 19.9 Å². The van der Waals surface area contributed by atoms with Gasteiger partial charge in [-0.1, -0.05) is 18.2 Å². The number of anilines is 1. The van der Waals surface area contributed by atoms with E-state index in [4.69, 9.17) is 4.74 Å². The van der Waals surface area contributed by atoms with Crippen molar-refractivity contribution in [3.63, 3.8) is 0 Å². The average Bonchev–Trinajstić information content (AvgIpc) is 2.56. The van der Waals surface area contributed by atoms with Crippen LogP contribution in [0.15, 0.2) is 54.6 Å². The maximum atomic E-state index is 12.9. The number of carbonyl (C=O) groups is 1. The van der Waals surface area contributed by atoms with Gasteiger partial charge in [-0.15, -0.1) is 0 Å². The molecule has 0 atom stereocenters. The summed E-state index contributed by atoms with van der Waals surface area (Å²) in [6.07, 6.45) is 0.158. The van der Waals surface area contributed by atoms with Gasteiger partial charge in [-0.25, -0.2) is 14.4 Å². The summed E-state index contributed by atoms with van der Waals surface area (Å²) < 4.78 is 18.6. The van der Waals surface area contributed by atoms with E-state index in [9.17, 15) is 9.18 Å². The van der Waals surface area contributed by atoms with Crippen LogP contribution in [0, 0.1) is 19.7 Å². The lowest BCUT2D eigenvalue weighted by atomic mass is 10.1. The lowest BCUT2D eigenvalue weighted by molar-refractivity contribution is -0.115. The van der Waals surface area contributed by atoms with Crippen LogP contribution in [-0.2, 0) is 11.2 Å². The van der Waals surface area contributed by atoms with Crippen molar-refractivity contribution in [3.8, 4) is 11.8 Å². The van der Waals surface area contributed by atoms with Gasteiger partial charge in [0.1, 0.15) is 11.6 Å². The topological polar surface area (TPSA) is 64.1 Å². The molecule has 0 bridgehead atoms. The van der Waals surface area contributed by atoms with Crippen LogP contribution in [0.3, 0.4) is 0 Å². The molecule has 1 N–H and O–H groups in total. The predicted molar refractivity (Wildman–Crippen MR) is 96.8 cm³/mol. The van der Waals surface area contributed by atoms with Crippen molar-refractivity contribution in [2.75, 3.05) is 5.32 Å². The Morgan fingerprint density at radius 1 is 1.04 bits per heavy atom. The smallest absolute Gasteiger partial charge is 0.322 e. The summed E-state index contributed by atoms with van der Waals surface area (Å²) in [5.41, 5.74) is 2.96. The summed E-state index contributed by atoms with van der Waals surface area (Å²) >= 11 is 0. The Bertz CT molecular complexity index is 906. The van der Waals surface area contributed by atoms with Crippen LogP contribution in [0.5, 0.6) is 11.8 Å². The first-order valence-corrected chi connectivity index (χ1v) is 8.12. The molecule has 6 heteroatoms. The second kappa shape index (κ2) is 7.74. The molecule has 1 amide bonds. The summed E-state index contributed by atoms with van der Waals surface area (Å²) in [5.74, 6) is -0.00129. The number of nitrogens with one attached hydrogen (secondary N) is 1. The van der Waals surface area contributed by atoms with Crippen molar-refractivity contribution in [1.29, 1.82) is 0 Å². The molecule has 0 spiro atoms. The zero-order chi connectivity index (χ0) is 18.5. The van der Waals surface area contributed by atoms with Crippen molar-refractivity contribution >= 4 is 11.6 Å². The summed E-state index contributed by atoms with van der Waals surface area (Å²) in [7, 11) is 0. The predicted octanol–water partition coefficient (Wildman–Crippen LogP) is 4.21. The molecule has 0 aliphatic carbocycles. The molecular formula is C20H18FN3O2. The molecule has 0 saturated heterocycles. The van der Waals surface area contributed by atoms with Gasteiger partial charge >= 0.3 is 6.01 Å². The Morgan fingerprint density at radius 3 is 2.42 bits per heavy atom. The number of hydrogen-bond donors (Lipinski definition) is 1. The first-order valence-electron chi connectivity index (χ1n) is 8.12. The van der Waals surface area contributed by atoms with E-state index in [0.29, 0.717) is 11.4 Å². The highest BCUT2D eigenvalue weighted by atomic mass is 19.1. The second-order valence-electron chi connectivity index (χ2n) is 5.91. The van der Waals surface area contributed by atoms with Gasteiger partial charge in [-0.05, 0) is 49.7 Å². The molecule has 3 rings (SSSR count). The van der Waals surface area contributed by atoms with Gasteiger partial charge in [0.15, 0.2) is 0 Å². The summed E-state index contributed by atoms with van der Waals surface area (Å²) in [6, 6.07) is 15.0. The molecule has 0 fully saturated rings. The normalized spacial score (nSPS) is 10.4. The number of amides is 1. The molecule has 26 heavy (non-hydrogen) atoms. The first-order chi connectivity index (χ1) is 12.5. The Labute approximate surface area is 150 Å². The summed E-state index contributed by atoms with van der Waals surface area (Å²) in [5, 5.41) is 2.80. The van der Waals surface area contributed by atoms with Crippen LogP contribution in [0.25, 0.3) is 0 Å². The molecule has 132 valence electrons. The quantitative estimate of drug-likeness (QED) is 0.748. The zero-order valence-electron chi connectivity index (χ0n) is 14.5. The molecule has 2 aromatic carbocycles. The number of carbonyl (C=O) groups excluding carboxylic acids is 1. The van der Waals surface area contributed by atoms with Crippen LogP contribution in [0.4, 0.5) is 10.1 Å². The van der Waals surface area contributed by atoms with E-state index in [0.717, 1.165) is 17.0 Å². The third kappa shape index (κ3) is 4.86. The number of hydrogen-bond acceptors (Lipinski definition) is 4. The van der Waals surface area contributed by atoms with E-state index in [-0.39, 0.29) is 24.2 Å². The highest BCUT2D eigenvalue weighted by Gasteiger charge is 2.07. The summed E-state index contributed by atoms with van der Waals surface area (Å²) in [4.78, 5) is 20.6. The van der Waals surface area contributed by atoms with Gasteiger partial charge < -0.3 is 10.1 Å². The highest BCUT2D eigenvalue weighted by Crippen LogP contribution is 2.22. The number of ether oxygens (including phenoxy) is 1. The van der Waals surface area contributed by atoms with E-state index in [2.05, 4.69) is 15.3 Å². The number of rotatable bonds is 5. The van der Waals surface area contributed by atoms with Crippen molar-refractivity contribution < 1.29 is 13.9 Å². The minimum absolute atomic E-state index is 0.158. The van der Waals surface area contributed by atoms with Crippen LogP contribution in [0.2, 0.25) is 0 Å². The van der Waals surface area contributed by atoms with Gasteiger partial charge in [0, 0.05) is 23.1 Å². The van der Waals surface area contributed by atoms with Gasteiger partial charge in [-0.3, -0.25) is 4.79 Å². The van der Waals surface area contributed by atoms with Gasteiger partial charge in [0.2, 0.25) is 5.91 Å². The first kappa shape index (κ1) is 17.5. The Balaban J connectivity index is 1.66. The molecule has 0 unspecified atom stereocenters. The molecular weight excluding hydrogens is 333 g/mol. The van der Waals surface area contributed by atoms with E-state index < -0.39 is 0 Å². The standard InChI is InChI=1S/C20H18FN3O2/c1-13-10-14(2)23-20(22-13)26-18-5-3-4-17(12-18)24-19(25)11-15-6-8-16(21)9-7-15/h3-10,12H,11H2,1-2H3,(H,24,25). The Hall–Kier alpha value is -3.28. The van der Waals surface area contributed by atoms with Crippen molar-refractivity contribution in [3.05, 3.63) is 77.4 Å². The third-order valence-corrected chi connectivity index (χ3v) is 3.57. The number of halogens is 1. The Morgan fingerprint density at radius 2 is 1.73 bits per heavy atom. The summed E-state index contributed by atoms with van der Waals surface area (Å²) in [6.45, 7) is 3.74. The van der Waals surface area contributed by atoms with Gasteiger partial charge in [0.05, 0.1) is 6.42 Å². The van der Waals surface area contributed by atoms with Crippen molar-refractivity contribution in [2.45, 2.75) is 20.3 Å². The van der Waals surface area contributed by atoms with E-state index >= 15 is 0 Å². The maximum Gasteiger partial charge on any atom is 0.322 e. The van der Waals surface area contributed by atoms with Gasteiger partial charge in [-0.2, -0.15) is 0 Å². The Kier molecular flexibility index (Phi) is 5.22. The van der Waals surface area contributed by atoms with Gasteiger partial charge in [0.25, 0.3) is 0 Å². The number of aromatic nitrogens is 2. The number of aryl methyl sites for hydroxylation is 2. The SMILES string of the molecule is Cc1cc(C)nc(Oc2cccc(NC(=O)Cc3ccc(F)cc3)c2)n1. The molecule has 3 aromatic rings. The maximum absolute atomic E-state index is 12.9. The fraction of sp³-hybridized carbons (Fsp3) is 0.150.